The molecule has 0 fully saturated rings. The van der Waals surface area contributed by atoms with Gasteiger partial charge in [0.2, 0.25) is 0 Å². The molecule has 0 unspecified atom stereocenters. The molecule has 0 nitrogen and oxygen atoms in total. The Balaban J connectivity index is 0.000000108. The molecule has 0 radical (unpaired) electrons. The van der Waals surface area contributed by atoms with Gasteiger partial charge in [0.1, 0.15) is 0 Å². The Morgan fingerprint density at radius 3 is 0.653 bits per heavy atom. The average Bonchev–Trinajstić information content (AvgIpc) is 0.716. The molecule has 696 valence electrons. The molecule has 0 aromatic heterocycles. The van der Waals surface area contributed by atoms with Gasteiger partial charge in [0.15, 0.2) is 0 Å². The minimum absolute atomic E-state index is 1.22. The van der Waals surface area contributed by atoms with Crippen LogP contribution in [-0.4, -0.2) is 0 Å². The monoisotopic (exact) mass is 1900 g/mol. The molecule has 30 rings (SSSR count). The maximum Gasteiger partial charge on any atom is -0.00201 e. The van der Waals surface area contributed by atoms with Crippen molar-refractivity contribution in [2.75, 3.05) is 0 Å². The topological polar surface area (TPSA) is 0 Å². The van der Waals surface area contributed by atoms with Gasteiger partial charge in [-0.15, -0.1) is 0 Å². The summed E-state index contributed by atoms with van der Waals surface area (Å²) in [4.78, 5) is 0. The van der Waals surface area contributed by atoms with Gasteiger partial charge in [-0.1, -0.05) is 534 Å². The minimum Gasteiger partial charge on any atom is -0.0622 e. The van der Waals surface area contributed by atoms with E-state index in [2.05, 4.69) is 582 Å². The summed E-state index contributed by atoms with van der Waals surface area (Å²) in [5, 5.41) is 37.8. The summed E-state index contributed by atoms with van der Waals surface area (Å²) in [5.41, 5.74) is 29.9. The third-order valence-corrected chi connectivity index (χ3v) is 31.3. The van der Waals surface area contributed by atoms with Gasteiger partial charge in [0, 0.05) is 0 Å². The predicted octanol–water partition coefficient (Wildman–Crippen LogP) is 42.4. The van der Waals surface area contributed by atoms with E-state index in [-0.39, 0.29) is 0 Å². The molecule has 0 aliphatic heterocycles. The van der Waals surface area contributed by atoms with Crippen molar-refractivity contribution in [1.29, 1.82) is 0 Å². The lowest BCUT2D eigenvalue weighted by Gasteiger charge is -2.21. The van der Waals surface area contributed by atoms with Crippen molar-refractivity contribution < 1.29 is 0 Å². The molecule has 30 aromatic carbocycles. The van der Waals surface area contributed by atoms with Crippen LogP contribution in [0.5, 0.6) is 0 Å². The van der Waals surface area contributed by atoms with Crippen LogP contribution < -0.4 is 0 Å². The SMILES string of the molecule is c1ccc(-c2ccc(-c3c4ccccc4c(-c4ccc5ccccc5c4)c4cc(-c5ccc6ccccc6c5)ccc34)c3ccccc23)cc1.c1ccc(-c2ccc3c(-c4ccc(-c5cccc6ccccc56)cc4)c4ccccc4c(-c4ccc5ccccc5c4)c3c2)cc1.c1ccc2cc(-c3ccc4c(-c5ccc(-c6cccc7ccccc67)c6ccccc56)c5ccccc5c(-c5ccc6ccccc6c5)c4c3)ccc2c1. The number of hydrogen-bond donors (Lipinski definition) is 0. The Bertz CT molecular complexity index is 10600. The first-order valence-corrected chi connectivity index (χ1v) is 52.0. The van der Waals surface area contributed by atoms with Gasteiger partial charge in [-0.25, -0.2) is 0 Å². The molecule has 0 heterocycles. The lowest BCUT2D eigenvalue weighted by Crippen LogP contribution is -1.93. The Kier molecular flexibility index (Phi) is 22.1. The summed E-state index contributed by atoms with van der Waals surface area (Å²) < 4.78 is 0. The lowest BCUT2D eigenvalue weighted by atomic mass is 9.82. The molecule has 0 aliphatic carbocycles. The van der Waals surface area contributed by atoms with Crippen molar-refractivity contribution in [2.24, 2.45) is 0 Å². The Morgan fingerprint density at radius 2 is 0.267 bits per heavy atom. The molecule has 0 heteroatoms. The minimum atomic E-state index is 1.22. The zero-order valence-electron chi connectivity index (χ0n) is 82.4. The molecule has 30 aromatic rings. The van der Waals surface area contributed by atoms with Gasteiger partial charge in [0.05, 0.1) is 0 Å². The quantitative estimate of drug-likeness (QED) is 0.107. The van der Waals surface area contributed by atoms with E-state index < -0.39 is 0 Å². The first kappa shape index (κ1) is 88.2. The van der Waals surface area contributed by atoms with Crippen molar-refractivity contribution in [2.45, 2.75) is 0 Å². The van der Waals surface area contributed by atoms with Crippen LogP contribution in [0.4, 0.5) is 0 Å². The van der Waals surface area contributed by atoms with E-state index in [1.807, 2.05) is 0 Å². The van der Waals surface area contributed by atoms with Crippen LogP contribution >= 0.6 is 0 Å². The first-order chi connectivity index (χ1) is 74.4. The molecule has 0 saturated heterocycles. The molecule has 0 spiro atoms. The van der Waals surface area contributed by atoms with Crippen LogP contribution in [0.2, 0.25) is 0 Å². The van der Waals surface area contributed by atoms with Crippen molar-refractivity contribution in [3.05, 3.63) is 582 Å². The van der Waals surface area contributed by atoms with E-state index in [0.717, 1.165) is 0 Å². The van der Waals surface area contributed by atoms with Crippen LogP contribution in [0.25, 0.3) is 295 Å². The third-order valence-electron chi connectivity index (χ3n) is 31.3. The maximum atomic E-state index is 2.44. The van der Waals surface area contributed by atoms with Gasteiger partial charge in [-0.2, -0.15) is 0 Å². The highest BCUT2D eigenvalue weighted by atomic mass is 14.3. The number of hydrogen-bond acceptors (Lipinski definition) is 0. The molecule has 0 saturated carbocycles. The summed E-state index contributed by atoms with van der Waals surface area (Å²) >= 11 is 0. The van der Waals surface area contributed by atoms with E-state index >= 15 is 0 Å². The highest BCUT2D eigenvalue weighted by Gasteiger charge is 2.26. The molecule has 0 amide bonds. The van der Waals surface area contributed by atoms with E-state index in [4.69, 9.17) is 0 Å². The van der Waals surface area contributed by atoms with Gasteiger partial charge in [-0.3, -0.25) is 0 Å². The van der Waals surface area contributed by atoms with Gasteiger partial charge in [0.25, 0.3) is 0 Å². The van der Waals surface area contributed by atoms with Crippen molar-refractivity contribution in [3.63, 3.8) is 0 Å². The molecular weight excluding hydrogens is 1800 g/mol. The molecule has 150 heavy (non-hydrogen) atoms. The fourth-order valence-electron chi connectivity index (χ4n) is 24.2. The van der Waals surface area contributed by atoms with E-state index in [1.165, 1.54) is 295 Å². The van der Waals surface area contributed by atoms with Crippen molar-refractivity contribution >= 4 is 162 Å². The second-order valence-corrected chi connectivity index (χ2v) is 39.8. The Morgan fingerprint density at radius 1 is 0.0667 bits per heavy atom. The van der Waals surface area contributed by atoms with Crippen LogP contribution in [0.15, 0.2) is 582 Å². The maximum absolute atomic E-state index is 2.44. The summed E-state index contributed by atoms with van der Waals surface area (Å²) in [6.07, 6.45) is 0. The number of fused-ring (bicyclic) bond motifs is 15. The third kappa shape index (κ3) is 15.7. The van der Waals surface area contributed by atoms with Gasteiger partial charge in [-0.05, 0) is 344 Å². The summed E-state index contributed by atoms with van der Waals surface area (Å²) in [6.45, 7) is 0. The second kappa shape index (κ2) is 37.6. The molecular formula is C150H96. The first-order valence-electron chi connectivity index (χ1n) is 52.0. The normalized spacial score (nSPS) is 11.6. The highest BCUT2D eigenvalue weighted by Crippen LogP contribution is 2.54. The zero-order chi connectivity index (χ0) is 99.1. The van der Waals surface area contributed by atoms with Crippen molar-refractivity contribution in [1.82, 2.24) is 0 Å². The highest BCUT2D eigenvalue weighted by molar-refractivity contribution is 6.29. The van der Waals surface area contributed by atoms with Crippen LogP contribution in [0, 0.1) is 0 Å². The van der Waals surface area contributed by atoms with E-state index in [9.17, 15) is 0 Å². The van der Waals surface area contributed by atoms with Gasteiger partial charge < -0.3 is 0 Å². The number of rotatable bonds is 12. The Labute approximate surface area is 870 Å². The van der Waals surface area contributed by atoms with Crippen LogP contribution in [-0.2, 0) is 0 Å². The summed E-state index contributed by atoms with van der Waals surface area (Å²) in [5.74, 6) is 0. The van der Waals surface area contributed by atoms with E-state index in [0.29, 0.717) is 0 Å². The summed E-state index contributed by atoms with van der Waals surface area (Å²) in [7, 11) is 0. The standard InChI is InChI=1S/C54H34.C50H32.C46H30/c1-3-15-38-32-40(26-24-35(38)12-1)41-28-29-51-52(34-41)53(42-27-25-36-13-2-4-16-39(36)33-42)48-21-9-10-22-49(48)54(51)50-31-30-47(45-19-7-8-20-46(45)50)44-23-11-17-37-14-5-6-18-43(37)44;1-2-14-35(15-3-1)41-28-29-46(43-19-9-8-18-42(41)43)50-45-21-11-10-20-44(45)49(40-25-23-34-13-5-7-17-37(34)31-40)48-32-39(26-27-47(48)50)38-24-22-33-12-4-6-16-36(33)30-38;1-2-11-31(12-3-1)37-27-28-43-44(30-37)46(38-26-21-32-13-4-5-15-36(32)29-38)42-19-9-8-18-41(42)45(43)35-24-22-34(23-25-35)40-20-10-16-33-14-6-7-17-39(33)40/h1-34H;1-32H;1-30H. The molecule has 0 atom stereocenters. The second-order valence-electron chi connectivity index (χ2n) is 39.8. The molecule has 0 bridgehead atoms. The fourth-order valence-corrected chi connectivity index (χ4v) is 24.2. The smallest absolute Gasteiger partial charge is 0.00201 e. The largest absolute Gasteiger partial charge is 0.0622 e. The lowest BCUT2D eigenvalue weighted by molar-refractivity contribution is 1.62. The average molecular weight is 1900 g/mol. The molecule has 0 aliphatic rings. The van der Waals surface area contributed by atoms with Gasteiger partial charge >= 0.3 is 0 Å². The zero-order valence-corrected chi connectivity index (χ0v) is 82.4. The summed E-state index contributed by atoms with van der Waals surface area (Å²) in [6, 6.07) is 214. The number of benzene rings is 30. The predicted molar refractivity (Wildman–Crippen MR) is 647 cm³/mol. The molecule has 0 N–H and O–H groups in total. The van der Waals surface area contributed by atoms with E-state index in [1.54, 1.807) is 0 Å². The van der Waals surface area contributed by atoms with Crippen molar-refractivity contribution in [3.8, 4) is 134 Å². The Hall–Kier alpha value is -19.5. The fraction of sp³-hybridized carbons (Fsp3) is 0. The van der Waals surface area contributed by atoms with Crippen LogP contribution in [0.1, 0.15) is 0 Å². The van der Waals surface area contributed by atoms with Crippen LogP contribution in [0.3, 0.4) is 0 Å².